The molecule has 1 aliphatic carbocycles. The third-order valence-corrected chi connectivity index (χ3v) is 5.57. The molecule has 0 atom stereocenters. The van der Waals surface area contributed by atoms with Crippen LogP contribution in [0, 0.1) is 0 Å². The topological polar surface area (TPSA) is 58.2 Å². The highest BCUT2D eigenvalue weighted by atomic mass is 79.9. The molecule has 27 heavy (non-hydrogen) atoms. The lowest BCUT2D eigenvalue weighted by Gasteiger charge is -2.23. The lowest BCUT2D eigenvalue weighted by atomic mass is 9.95. The molecular formula is C21H22BrClN2O2. The Labute approximate surface area is 172 Å². The number of hydrogen-bond donors (Lipinski definition) is 2. The van der Waals surface area contributed by atoms with E-state index in [9.17, 15) is 9.59 Å². The molecular weight excluding hydrogens is 428 g/mol. The fourth-order valence-corrected chi connectivity index (χ4v) is 3.75. The number of nitrogens with one attached hydrogen (secondary N) is 2. The second-order valence-electron chi connectivity index (χ2n) is 6.85. The van der Waals surface area contributed by atoms with E-state index >= 15 is 0 Å². The minimum absolute atomic E-state index is 0.140. The summed E-state index contributed by atoms with van der Waals surface area (Å²) in [5.41, 5.74) is 1.87. The van der Waals surface area contributed by atoms with Gasteiger partial charge < -0.3 is 10.6 Å². The van der Waals surface area contributed by atoms with Gasteiger partial charge in [0.15, 0.2) is 0 Å². The van der Waals surface area contributed by atoms with Crippen LogP contribution in [0.4, 0.5) is 5.69 Å². The summed E-state index contributed by atoms with van der Waals surface area (Å²) in [5.74, 6) is -0.325. The fraction of sp³-hybridized carbons (Fsp3) is 0.333. The molecule has 0 unspecified atom stereocenters. The normalized spacial score (nSPS) is 14.6. The van der Waals surface area contributed by atoms with Gasteiger partial charge in [0.05, 0.1) is 17.0 Å². The van der Waals surface area contributed by atoms with Gasteiger partial charge in [0, 0.05) is 16.2 Å². The van der Waals surface area contributed by atoms with Gasteiger partial charge >= 0.3 is 0 Å². The summed E-state index contributed by atoms with van der Waals surface area (Å²) in [7, 11) is 0. The molecule has 142 valence electrons. The largest absolute Gasteiger partial charge is 0.349 e. The molecule has 4 nitrogen and oxygen atoms in total. The first-order valence-electron chi connectivity index (χ1n) is 9.16. The van der Waals surface area contributed by atoms with E-state index in [1.54, 1.807) is 18.2 Å². The Bertz CT molecular complexity index is 817. The van der Waals surface area contributed by atoms with Crippen LogP contribution in [0.5, 0.6) is 0 Å². The summed E-state index contributed by atoms with van der Waals surface area (Å²) in [6.45, 7) is 0. The van der Waals surface area contributed by atoms with E-state index in [-0.39, 0.29) is 24.3 Å². The molecule has 0 heterocycles. The predicted octanol–water partition coefficient (Wildman–Crippen LogP) is 5.35. The number of halogens is 2. The highest BCUT2D eigenvalue weighted by Crippen LogP contribution is 2.23. The molecule has 2 aromatic rings. The van der Waals surface area contributed by atoms with Gasteiger partial charge in [0.2, 0.25) is 5.91 Å². The highest BCUT2D eigenvalue weighted by Gasteiger charge is 2.19. The zero-order chi connectivity index (χ0) is 19.2. The number of anilines is 1. The van der Waals surface area contributed by atoms with Crippen molar-refractivity contribution in [2.75, 3.05) is 5.32 Å². The number of hydrogen-bond acceptors (Lipinski definition) is 2. The average molecular weight is 450 g/mol. The molecule has 0 bridgehead atoms. The molecule has 1 saturated carbocycles. The Balaban J connectivity index is 1.64. The smallest absolute Gasteiger partial charge is 0.253 e. The van der Waals surface area contributed by atoms with E-state index in [2.05, 4.69) is 26.6 Å². The van der Waals surface area contributed by atoms with Crippen LogP contribution in [-0.4, -0.2) is 17.9 Å². The van der Waals surface area contributed by atoms with Gasteiger partial charge in [-0.05, 0) is 48.7 Å². The molecule has 2 N–H and O–H groups in total. The van der Waals surface area contributed by atoms with E-state index in [4.69, 9.17) is 11.6 Å². The number of rotatable bonds is 5. The molecule has 0 aromatic heterocycles. The third kappa shape index (κ3) is 5.81. The first kappa shape index (κ1) is 19.9. The van der Waals surface area contributed by atoms with Crippen molar-refractivity contribution in [3.05, 3.63) is 63.1 Å². The van der Waals surface area contributed by atoms with Crippen molar-refractivity contribution in [3.63, 3.8) is 0 Å². The first-order chi connectivity index (χ1) is 13.0. The Morgan fingerprint density at radius 2 is 1.74 bits per heavy atom. The van der Waals surface area contributed by atoms with Crippen molar-refractivity contribution < 1.29 is 9.59 Å². The predicted molar refractivity (Wildman–Crippen MR) is 112 cm³/mol. The molecule has 0 aliphatic heterocycles. The Morgan fingerprint density at radius 3 is 2.44 bits per heavy atom. The maximum Gasteiger partial charge on any atom is 0.253 e. The second-order valence-corrected chi connectivity index (χ2v) is 8.18. The maximum absolute atomic E-state index is 12.6. The monoisotopic (exact) mass is 448 g/mol. The summed E-state index contributed by atoms with van der Waals surface area (Å²) >= 11 is 9.59. The van der Waals surface area contributed by atoms with Crippen LogP contribution < -0.4 is 10.6 Å². The molecule has 1 aliphatic rings. The van der Waals surface area contributed by atoms with Crippen LogP contribution in [-0.2, 0) is 11.2 Å². The zero-order valence-electron chi connectivity index (χ0n) is 14.9. The van der Waals surface area contributed by atoms with Crippen LogP contribution >= 0.6 is 27.5 Å². The van der Waals surface area contributed by atoms with Crippen molar-refractivity contribution in [1.29, 1.82) is 0 Å². The van der Waals surface area contributed by atoms with Crippen LogP contribution in [0.15, 0.2) is 46.9 Å². The standard InChI is InChI=1S/C21H22BrClN2O2/c22-15-8-6-14(7-9-15)12-20(26)24-17-10-11-19(23)18(13-17)21(27)25-16-4-2-1-3-5-16/h6-11,13,16H,1-5,12H2,(H,24,26)(H,25,27). The van der Waals surface area contributed by atoms with E-state index in [0.29, 0.717) is 16.3 Å². The van der Waals surface area contributed by atoms with Crippen LogP contribution in [0.25, 0.3) is 0 Å². The quantitative estimate of drug-likeness (QED) is 0.647. The SMILES string of the molecule is O=C(Cc1ccc(Br)cc1)Nc1ccc(Cl)c(C(=O)NC2CCCCC2)c1. The van der Waals surface area contributed by atoms with Crippen molar-refractivity contribution in [1.82, 2.24) is 5.32 Å². The molecule has 1 fully saturated rings. The Kier molecular flexibility index (Phi) is 6.91. The summed E-state index contributed by atoms with van der Waals surface area (Å²) in [6, 6.07) is 12.8. The third-order valence-electron chi connectivity index (χ3n) is 4.71. The van der Waals surface area contributed by atoms with E-state index in [1.807, 2.05) is 24.3 Å². The van der Waals surface area contributed by atoms with E-state index in [1.165, 1.54) is 6.42 Å². The minimum Gasteiger partial charge on any atom is -0.349 e. The van der Waals surface area contributed by atoms with Crippen LogP contribution in [0.2, 0.25) is 5.02 Å². The van der Waals surface area contributed by atoms with Gasteiger partial charge in [-0.15, -0.1) is 0 Å². The molecule has 2 amide bonds. The molecule has 2 aromatic carbocycles. The van der Waals surface area contributed by atoms with Gasteiger partial charge in [-0.2, -0.15) is 0 Å². The van der Waals surface area contributed by atoms with Gasteiger partial charge in [-0.1, -0.05) is 58.9 Å². The fourth-order valence-electron chi connectivity index (χ4n) is 3.28. The molecule has 0 radical (unpaired) electrons. The van der Waals surface area contributed by atoms with E-state index in [0.717, 1.165) is 35.7 Å². The Hall–Kier alpha value is -1.85. The average Bonchev–Trinajstić information content (AvgIpc) is 2.66. The summed E-state index contributed by atoms with van der Waals surface area (Å²) in [4.78, 5) is 24.9. The summed E-state index contributed by atoms with van der Waals surface area (Å²) in [5, 5.41) is 6.29. The van der Waals surface area contributed by atoms with Gasteiger partial charge in [0.1, 0.15) is 0 Å². The lowest BCUT2D eigenvalue weighted by molar-refractivity contribution is -0.115. The van der Waals surface area contributed by atoms with E-state index < -0.39 is 0 Å². The van der Waals surface area contributed by atoms with Gasteiger partial charge in [-0.3, -0.25) is 9.59 Å². The number of carbonyl (C=O) groups excluding carboxylic acids is 2. The van der Waals surface area contributed by atoms with Crippen molar-refractivity contribution in [3.8, 4) is 0 Å². The molecule has 0 saturated heterocycles. The molecule has 0 spiro atoms. The highest BCUT2D eigenvalue weighted by molar-refractivity contribution is 9.10. The molecule has 3 rings (SSSR count). The second kappa shape index (κ2) is 9.38. The van der Waals surface area contributed by atoms with Gasteiger partial charge in [0.25, 0.3) is 5.91 Å². The number of carbonyl (C=O) groups is 2. The molecule has 6 heteroatoms. The summed E-state index contributed by atoms with van der Waals surface area (Å²) < 4.78 is 0.970. The lowest BCUT2D eigenvalue weighted by Crippen LogP contribution is -2.36. The Morgan fingerprint density at radius 1 is 1.04 bits per heavy atom. The van der Waals surface area contributed by atoms with Crippen molar-refractivity contribution in [2.24, 2.45) is 0 Å². The van der Waals surface area contributed by atoms with Crippen LogP contribution in [0.3, 0.4) is 0 Å². The number of benzene rings is 2. The minimum atomic E-state index is -0.184. The van der Waals surface area contributed by atoms with Gasteiger partial charge in [-0.25, -0.2) is 0 Å². The van der Waals surface area contributed by atoms with Crippen molar-refractivity contribution >= 4 is 45.0 Å². The van der Waals surface area contributed by atoms with Crippen molar-refractivity contribution in [2.45, 2.75) is 44.6 Å². The summed E-state index contributed by atoms with van der Waals surface area (Å²) in [6.07, 6.45) is 5.79. The number of amides is 2. The first-order valence-corrected chi connectivity index (χ1v) is 10.3. The van der Waals surface area contributed by atoms with Crippen LogP contribution in [0.1, 0.15) is 48.0 Å². The zero-order valence-corrected chi connectivity index (χ0v) is 17.3. The maximum atomic E-state index is 12.6.